The number of thiophene rings is 1. The lowest BCUT2D eigenvalue weighted by Gasteiger charge is -2.20. The molecule has 0 spiro atoms. The molecule has 0 aliphatic heterocycles. The SMILES string of the molecule is Cc1ccsc1S(=O)(=O)N(C)[C@@H](C)C(=O)O. The Labute approximate surface area is 98.4 Å². The Balaban J connectivity index is 3.13. The molecule has 0 unspecified atom stereocenters. The number of nitrogens with zero attached hydrogens (tertiary/aromatic N) is 1. The monoisotopic (exact) mass is 263 g/mol. The van der Waals surface area contributed by atoms with Crippen molar-refractivity contribution in [2.45, 2.75) is 24.1 Å². The fourth-order valence-corrected chi connectivity index (χ4v) is 4.02. The molecule has 5 nitrogen and oxygen atoms in total. The Hall–Kier alpha value is -0.920. The van der Waals surface area contributed by atoms with Gasteiger partial charge in [0.05, 0.1) is 0 Å². The van der Waals surface area contributed by atoms with Gasteiger partial charge in [-0.05, 0) is 30.9 Å². The van der Waals surface area contributed by atoms with E-state index in [1.54, 1.807) is 18.4 Å². The summed E-state index contributed by atoms with van der Waals surface area (Å²) in [6.07, 6.45) is 0. The van der Waals surface area contributed by atoms with Crippen LogP contribution in [0.15, 0.2) is 15.7 Å². The molecule has 0 aliphatic rings. The third kappa shape index (κ3) is 2.26. The fourth-order valence-electron chi connectivity index (χ4n) is 1.12. The number of hydrogen-bond acceptors (Lipinski definition) is 4. The molecule has 1 heterocycles. The van der Waals surface area contributed by atoms with Crippen LogP contribution in [0.2, 0.25) is 0 Å². The first-order chi connectivity index (χ1) is 7.28. The second-order valence-electron chi connectivity index (χ2n) is 3.43. The Bertz CT molecular complexity index is 491. The number of rotatable bonds is 4. The molecule has 0 saturated carbocycles. The second-order valence-corrected chi connectivity index (χ2v) is 6.54. The van der Waals surface area contributed by atoms with E-state index in [2.05, 4.69) is 0 Å². The van der Waals surface area contributed by atoms with Crippen LogP contribution in [0.5, 0.6) is 0 Å². The van der Waals surface area contributed by atoms with Crippen molar-refractivity contribution in [3.8, 4) is 0 Å². The van der Waals surface area contributed by atoms with E-state index in [1.165, 1.54) is 14.0 Å². The topological polar surface area (TPSA) is 74.7 Å². The molecule has 7 heteroatoms. The van der Waals surface area contributed by atoms with E-state index >= 15 is 0 Å². The first kappa shape index (κ1) is 13.1. The predicted octanol–water partition coefficient (Wildman–Crippen LogP) is 1.15. The molecule has 0 saturated heterocycles. The van der Waals surface area contributed by atoms with Crippen molar-refractivity contribution in [1.82, 2.24) is 4.31 Å². The lowest BCUT2D eigenvalue weighted by atomic mass is 10.4. The van der Waals surface area contributed by atoms with Crippen molar-refractivity contribution in [1.29, 1.82) is 0 Å². The van der Waals surface area contributed by atoms with Gasteiger partial charge in [0, 0.05) is 7.05 Å². The van der Waals surface area contributed by atoms with Crippen LogP contribution >= 0.6 is 11.3 Å². The third-order valence-corrected chi connectivity index (χ3v) is 5.93. The molecular formula is C9H13NO4S2. The molecule has 0 fully saturated rings. The van der Waals surface area contributed by atoms with E-state index in [0.29, 0.717) is 5.56 Å². The Morgan fingerprint density at radius 3 is 2.50 bits per heavy atom. The zero-order chi connectivity index (χ0) is 12.5. The van der Waals surface area contributed by atoms with Crippen LogP contribution in [-0.2, 0) is 14.8 Å². The van der Waals surface area contributed by atoms with Gasteiger partial charge in [0.15, 0.2) is 0 Å². The van der Waals surface area contributed by atoms with Crippen LogP contribution in [0.4, 0.5) is 0 Å². The summed E-state index contributed by atoms with van der Waals surface area (Å²) < 4.78 is 25.1. The van der Waals surface area contributed by atoms with Gasteiger partial charge in [-0.1, -0.05) is 0 Å². The highest BCUT2D eigenvalue weighted by Gasteiger charge is 2.31. The second kappa shape index (κ2) is 4.52. The van der Waals surface area contributed by atoms with E-state index in [-0.39, 0.29) is 4.21 Å². The largest absolute Gasteiger partial charge is 0.480 e. The molecule has 90 valence electrons. The number of carbonyl (C=O) groups is 1. The van der Waals surface area contributed by atoms with Crippen LogP contribution in [0.1, 0.15) is 12.5 Å². The molecule has 1 atom stereocenters. The summed E-state index contributed by atoms with van der Waals surface area (Å²) in [5.41, 5.74) is 0.634. The number of aryl methyl sites for hydroxylation is 1. The Morgan fingerprint density at radius 2 is 2.12 bits per heavy atom. The van der Waals surface area contributed by atoms with Crippen LogP contribution in [0.3, 0.4) is 0 Å². The zero-order valence-corrected chi connectivity index (χ0v) is 10.8. The minimum atomic E-state index is -3.70. The molecule has 0 radical (unpaired) electrons. The Morgan fingerprint density at radius 1 is 1.56 bits per heavy atom. The summed E-state index contributed by atoms with van der Waals surface area (Å²) in [5.74, 6) is -1.17. The molecule has 16 heavy (non-hydrogen) atoms. The smallest absolute Gasteiger partial charge is 0.321 e. The third-order valence-electron chi connectivity index (χ3n) is 2.33. The van der Waals surface area contributed by atoms with Gasteiger partial charge in [-0.3, -0.25) is 4.79 Å². The van der Waals surface area contributed by atoms with Gasteiger partial charge < -0.3 is 5.11 Å². The van der Waals surface area contributed by atoms with Gasteiger partial charge in [-0.2, -0.15) is 4.31 Å². The quantitative estimate of drug-likeness (QED) is 0.884. The van der Waals surface area contributed by atoms with E-state index in [1.807, 2.05) is 0 Å². The average molecular weight is 263 g/mol. The zero-order valence-electron chi connectivity index (χ0n) is 9.17. The maximum absolute atomic E-state index is 12.0. The minimum absolute atomic E-state index is 0.197. The van der Waals surface area contributed by atoms with Crippen molar-refractivity contribution in [2.24, 2.45) is 0 Å². The first-order valence-electron chi connectivity index (χ1n) is 4.53. The highest BCUT2D eigenvalue weighted by Crippen LogP contribution is 2.25. The molecule has 1 N–H and O–H groups in total. The van der Waals surface area contributed by atoms with Gasteiger partial charge in [-0.15, -0.1) is 11.3 Å². The fraction of sp³-hybridized carbons (Fsp3) is 0.444. The summed E-state index contributed by atoms with van der Waals surface area (Å²) in [5, 5.41) is 10.4. The summed E-state index contributed by atoms with van der Waals surface area (Å²) in [6.45, 7) is 3.02. The molecule has 1 rings (SSSR count). The molecular weight excluding hydrogens is 250 g/mol. The number of likely N-dealkylation sites (N-methyl/N-ethyl adjacent to an activating group) is 1. The number of hydrogen-bond donors (Lipinski definition) is 1. The van der Waals surface area contributed by atoms with Crippen molar-refractivity contribution in [3.63, 3.8) is 0 Å². The van der Waals surface area contributed by atoms with E-state index in [0.717, 1.165) is 15.6 Å². The molecule has 0 bridgehead atoms. The van der Waals surface area contributed by atoms with Gasteiger partial charge >= 0.3 is 5.97 Å². The highest BCUT2D eigenvalue weighted by atomic mass is 32.2. The summed E-state index contributed by atoms with van der Waals surface area (Å²) in [4.78, 5) is 10.7. The van der Waals surface area contributed by atoms with Gasteiger partial charge in [0.25, 0.3) is 10.0 Å². The first-order valence-corrected chi connectivity index (χ1v) is 6.85. The van der Waals surface area contributed by atoms with E-state index < -0.39 is 22.0 Å². The molecule has 0 amide bonds. The summed E-state index contributed by atoms with van der Waals surface area (Å²) in [6, 6.07) is 0.614. The molecule has 1 aromatic heterocycles. The van der Waals surface area contributed by atoms with Crippen LogP contribution in [0.25, 0.3) is 0 Å². The maximum Gasteiger partial charge on any atom is 0.321 e. The number of carboxylic acid groups (broad SMARTS) is 1. The van der Waals surface area contributed by atoms with Crippen molar-refractivity contribution >= 4 is 27.3 Å². The normalized spacial score (nSPS) is 14.0. The summed E-state index contributed by atoms with van der Waals surface area (Å²) in [7, 11) is -2.43. The number of aliphatic carboxylic acids is 1. The lowest BCUT2D eigenvalue weighted by molar-refractivity contribution is -0.140. The highest BCUT2D eigenvalue weighted by molar-refractivity contribution is 7.91. The minimum Gasteiger partial charge on any atom is -0.480 e. The van der Waals surface area contributed by atoms with Crippen molar-refractivity contribution in [2.75, 3.05) is 7.05 Å². The van der Waals surface area contributed by atoms with E-state index in [9.17, 15) is 13.2 Å². The maximum atomic E-state index is 12.0. The summed E-state index contributed by atoms with van der Waals surface area (Å²) >= 11 is 1.09. The van der Waals surface area contributed by atoms with Crippen molar-refractivity contribution in [3.05, 3.63) is 17.0 Å². The average Bonchev–Trinajstić information content (AvgIpc) is 2.62. The Kier molecular flexibility index (Phi) is 3.72. The predicted molar refractivity (Wildman–Crippen MR) is 61.1 cm³/mol. The standard InChI is InChI=1S/C9H13NO4S2/c1-6-4-5-15-9(6)16(13,14)10(3)7(2)8(11)12/h4-5,7H,1-3H3,(H,11,12)/t7-/m0/s1. The molecule has 1 aromatic rings. The van der Waals surface area contributed by atoms with Crippen molar-refractivity contribution < 1.29 is 18.3 Å². The molecule has 0 aliphatic carbocycles. The van der Waals surface area contributed by atoms with Crippen LogP contribution in [-0.4, -0.2) is 36.9 Å². The molecule has 0 aromatic carbocycles. The number of carboxylic acids is 1. The van der Waals surface area contributed by atoms with Crippen LogP contribution in [0, 0.1) is 6.92 Å². The van der Waals surface area contributed by atoms with Gasteiger partial charge in [0.2, 0.25) is 0 Å². The van der Waals surface area contributed by atoms with E-state index in [4.69, 9.17) is 5.11 Å². The lowest BCUT2D eigenvalue weighted by Crippen LogP contribution is -2.40. The number of sulfonamides is 1. The van der Waals surface area contributed by atoms with Gasteiger partial charge in [0.1, 0.15) is 10.3 Å². The van der Waals surface area contributed by atoms with Gasteiger partial charge in [-0.25, -0.2) is 8.42 Å². The van der Waals surface area contributed by atoms with Crippen LogP contribution < -0.4 is 0 Å².